The molecular formula is C22H26FN5OS. The van der Waals surface area contributed by atoms with Gasteiger partial charge in [-0.2, -0.15) is 0 Å². The van der Waals surface area contributed by atoms with E-state index in [1.807, 2.05) is 18.0 Å². The highest BCUT2D eigenvalue weighted by Gasteiger charge is 2.21. The van der Waals surface area contributed by atoms with Gasteiger partial charge in [0.1, 0.15) is 12.4 Å². The lowest BCUT2D eigenvalue weighted by atomic mass is 10.1. The third-order valence-electron chi connectivity index (χ3n) is 5.29. The molecule has 4 rings (SSSR count). The summed E-state index contributed by atoms with van der Waals surface area (Å²) in [5.41, 5.74) is 3.17. The number of nitrogens with one attached hydrogen (secondary N) is 3. The van der Waals surface area contributed by atoms with E-state index in [0.717, 1.165) is 35.9 Å². The molecular weight excluding hydrogens is 401 g/mol. The van der Waals surface area contributed by atoms with Crippen LogP contribution in [-0.4, -0.2) is 47.9 Å². The van der Waals surface area contributed by atoms with Crippen LogP contribution in [0.25, 0.3) is 10.9 Å². The molecule has 8 heteroatoms. The minimum absolute atomic E-state index is 0.0442. The fraction of sp³-hybridized carbons (Fsp3) is 0.364. The second-order valence-corrected chi connectivity index (χ2v) is 8.31. The molecule has 158 valence electrons. The number of fused-ring (bicyclic) bond motifs is 2. The minimum atomic E-state index is -0.246. The lowest BCUT2D eigenvalue weighted by Gasteiger charge is -2.26. The van der Waals surface area contributed by atoms with Crippen molar-refractivity contribution >= 4 is 34.1 Å². The number of rotatable bonds is 6. The van der Waals surface area contributed by atoms with Gasteiger partial charge in [0, 0.05) is 48.2 Å². The van der Waals surface area contributed by atoms with E-state index in [2.05, 4.69) is 32.1 Å². The molecule has 0 unspecified atom stereocenters. The van der Waals surface area contributed by atoms with Crippen molar-refractivity contribution in [3.8, 4) is 0 Å². The number of guanidine groups is 1. The van der Waals surface area contributed by atoms with Crippen LogP contribution in [0.1, 0.15) is 22.9 Å². The molecule has 3 heterocycles. The molecule has 2 aromatic heterocycles. The van der Waals surface area contributed by atoms with Crippen LogP contribution in [0.4, 0.5) is 4.39 Å². The molecule has 0 radical (unpaired) electrons. The van der Waals surface area contributed by atoms with Crippen molar-refractivity contribution in [2.45, 2.75) is 26.3 Å². The van der Waals surface area contributed by atoms with Gasteiger partial charge in [0.05, 0.1) is 0 Å². The van der Waals surface area contributed by atoms with Crippen molar-refractivity contribution in [2.75, 3.05) is 26.2 Å². The van der Waals surface area contributed by atoms with Gasteiger partial charge in [-0.25, -0.2) is 9.38 Å². The number of aliphatic imine (C=N–C) groups is 1. The monoisotopic (exact) mass is 427 g/mol. The largest absolute Gasteiger partial charge is 0.361 e. The van der Waals surface area contributed by atoms with E-state index in [1.54, 1.807) is 17.4 Å². The van der Waals surface area contributed by atoms with E-state index in [0.29, 0.717) is 25.6 Å². The van der Waals surface area contributed by atoms with Gasteiger partial charge in [-0.1, -0.05) is 0 Å². The molecule has 0 atom stereocenters. The van der Waals surface area contributed by atoms with Crippen LogP contribution in [0.3, 0.4) is 0 Å². The lowest BCUT2D eigenvalue weighted by molar-refractivity contribution is -0.130. The van der Waals surface area contributed by atoms with Gasteiger partial charge >= 0.3 is 0 Å². The SMILES string of the molecule is CCNC(=NCC(=O)N1CCc2sccc2C1)NCCc1c[nH]c2cc(F)ccc12. The molecule has 0 saturated heterocycles. The van der Waals surface area contributed by atoms with Gasteiger partial charge in [-0.15, -0.1) is 11.3 Å². The molecule has 1 aliphatic heterocycles. The zero-order valence-electron chi connectivity index (χ0n) is 17.0. The van der Waals surface area contributed by atoms with Crippen LogP contribution >= 0.6 is 11.3 Å². The first-order chi connectivity index (χ1) is 14.6. The Morgan fingerprint density at radius 2 is 2.23 bits per heavy atom. The Labute approximate surface area is 179 Å². The Balaban J connectivity index is 1.31. The fourth-order valence-electron chi connectivity index (χ4n) is 3.73. The molecule has 3 aromatic rings. The molecule has 0 saturated carbocycles. The van der Waals surface area contributed by atoms with Crippen molar-refractivity contribution in [3.63, 3.8) is 0 Å². The number of carbonyl (C=O) groups excluding carboxylic acids is 1. The average Bonchev–Trinajstić information content (AvgIpc) is 3.37. The average molecular weight is 428 g/mol. The van der Waals surface area contributed by atoms with Gasteiger partial charge in [-0.3, -0.25) is 4.79 Å². The minimum Gasteiger partial charge on any atom is -0.361 e. The maximum atomic E-state index is 13.3. The maximum absolute atomic E-state index is 13.3. The normalized spacial score (nSPS) is 14.1. The van der Waals surface area contributed by atoms with Crippen molar-refractivity contribution in [1.29, 1.82) is 0 Å². The zero-order chi connectivity index (χ0) is 20.9. The summed E-state index contributed by atoms with van der Waals surface area (Å²) in [5.74, 6) is 0.428. The second-order valence-electron chi connectivity index (χ2n) is 7.31. The van der Waals surface area contributed by atoms with Crippen molar-refractivity contribution in [2.24, 2.45) is 4.99 Å². The Kier molecular flexibility index (Phi) is 6.32. The first-order valence-electron chi connectivity index (χ1n) is 10.2. The van der Waals surface area contributed by atoms with E-state index in [9.17, 15) is 9.18 Å². The Hall–Kier alpha value is -2.87. The molecule has 0 spiro atoms. The number of aromatic nitrogens is 1. The smallest absolute Gasteiger partial charge is 0.244 e. The van der Waals surface area contributed by atoms with Gasteiger partial charge in [0.25, 0.3) is 0 Å². The Bertz CT molecular complexity index is 1060. The molecule has 30 heavy (non-hydrogen) atoms. The van der Waals surface area contributed by atoms with Crippen LogP contribution in [0, 0.1) is 5.82 Å². The Morgan fingerprint density at radius 1 is 1.33 bits per heavy atom. The summed E-state index contributed by atoms with van der Waals surface area (Å²) < 4.78 is 13.3. The standard InChI is InChI=1S/C22H26FN5OS/c1-2-24-22(25-8-5-15-12-26-19-11-17(23)3-4-18(15)19)27-13-21(29)28-9-6-20-16(14-28)7-10-30-20/h3-4,7,10-12,26H,2,5-6,8-9,13-14H2,1H3,(H2,24,25,27). The van der Waals surface area contributed by atoms with Crippen molar-refractivity contribution in [1.82, 2.24) is 20.5 Å². The molecule has 6 nitrogen and oxygen atoms in total. The molecule has 3 N–H and O–H groups in total. The first kappa shape index (κ1) is 20.4. The number of aromatic amines is 1. The number of hydrogen-bond donors (Lipinski definition) is 3. The van der Waals surface area contributed by atoms with E-state index in [4.69, 9.17) is 0 Å². The van der Waals surface area contributed by atoms with E-state index in [1.165, 1.54) is 22.6 Å². The van der Waals surface area contributed by atoms with Crippen LogP contribution < -0.4 is 10.6 Å². The van der Waals surface area contributed by atoms with Crippen LogP contribution in [-0.2, 0) is 24.2 Å². The number of thiophene rings is 1. The number of H-pyrrole nitrogens is 1. The van der Waals surface area contributed by atoms with Crippen LogP contribution in [0.15, 0.2) is 40.8 Å². The highest BCUT2D eigenvalue weighted by atomic mass is 32.1. The summed E-state index contributed by atoms with van der Waals surface area (Å²) in [4.78, 5) is 23.5. The number of halogens is 1. The molecule has 1 amide bonds. The highest BCUT2D eigenvalue weighted by molar-refractivity contribution is 7.10. The van der Waals surface area contributed by atoms with Gasteiger partial charge < -0.3 is 20.5 Å². The van der Waals surface area contributed by atoms with E-state index in [-0.39, 0.29) is 18.3 Å². The Morgan fingerprint density at radius 3 is 3.10 bits per heavy atom. The van der Waals surface area contributed by atoms with E-state index < -0.39 is 0 Å². The van der Waals surface area contributed by atoms with Crippen molar-refractivity contribution < 1.29 is 9.18 Å². The van der Waals surface area contributed by atoms with Gasteiger partial charge in [-0.05, 0) is 60.5 Å². The van der Waals surface area contributed by atoms with Crippen molar-refractivity contribution in [3.05, 3.63) is 57.7 Å². The molecule has 1 aromatic carbocycles. The number of amides is 1. The van der Waals surface area contributed by atoms with Crippen LogP contribution in [0.2, 0.25) is 0 Å². The summed E-state index contributed by atoms with van der Waals surface area (Å²) in [6, 6.07) is 6.88. The van der Waals surface area contributed by atoms with Gasteiger partial charge in [0.2, 0.25) is 5.91 Å². The predicted octanol–water partition coefficient (Wildman–Crippen LogP) is 3.05. The molecule has 0 fully saturated rings. The predicted molar refractivity (Wildman–Crippen MR) is 119 cm³/mol. The molecule has 0 bridgehead atoms. The highest BCUT2D eigenvalue weighted by Crippen LogP contribution is 2.24. The fourth-order valence-corrected chi connectivity index (χ4v) is 4.62. The molecule has 1 aliphatic rings. The number of hydrogen-bond acceptors (Lipinski definition) is 3. The topological polar surface area (TPSA) is 72.5 Å². The van der Waals surface area contributed by atoms with Gasteiger partial charge in [0.15, 0.2) is 5.96 Å². The summed E-state index contributed by atoms with van der Waals surface area (Å²) in [6.45, 7) is 4.93. The third kappa shape index (κ3) is 4.64. The second kappa shape index (κ2) is 9.30. The lowest BCUT2D eigenvalue weighted by Crippen LogP contribution is -2.40. The van der Waals surface area contributed by atoms with E-state index >= 15 is 0 Å². The first-order valence-corrected chi connectivity index (χ1v) is 11.1. The third-order valence-corrected chi connectivity index (χ3v) is 6.32. The summed E-state index contributed by atoms with van der Waals surface area (Å²) in [6.07, 6.45) is 3.60. The summed E-state index contributed by atoms with van der Waals surface area (Å²) in [5, 5.41) is 9.59. The number of benzene rings is 1. The zero-order valence-corrected chi connectivity index (χ0v) is 17.8. The maximum Gasteiger partial charge on any atom is 0.244 e. The number of carbonyl (C=O) groups is 1. The number of nitrogens with zero attached hydrogens (tertiary/aromatic N) is 2. The quantitative estimate of drug-likeness (QED) is 0.418. The summed E-state index contributed by atoms with van der Waals surface area (Å²) in [7, 11) is 0. The molecule has 0 aliphatic carbocycles. The van der Waals surface area contributed by atoms with Crippen LogP contribution in [0.5, 0.6) is 0 Å². The summed E-state index contributed by atoms with van der Waals surface area (Å²) >= 11 is 1.77.